The standard InChI is InChI=1S/C18H22N4O3/c1-13-4-3-5-15(12-13)18(24)22-10-8-21(9-11-22)17(23)7-6-16-20-19-14(2)25-16/h3-5,12H,6-11H2,1-2H3. The Kier molecular flexibility index (Phi) is 5.11. The summed E-state index contributed by atoms with van der Waals surface area (Å²) in [6.45, 7) is 5.91. The van der Waals surface area contributed by atoms with E-state index < -0.39 is 0 Å². The number of piperazine rings is 1. The number of carbonyl (C=O) groups excluding carboxylic acids is 2. The Hall–Kier alpha value is -2.70. The van der Waals surface area contributed by atoms with E-state index in [0.29, 0.717) is 56.4 Å². The number of carbonyl (C=O) groups is 2. The fourth-order valence-corrected chi connectivity index (χ4v) is 2.93. The molecule has 7 heteroatoms. The average Bonchev–Trinajstić information content (AvgIpc) is 3.04. The number of amides is 2. The fraction of sp³-hybridized carbons (Fsp3) is 0.444. The molecule has 0 N–H and O–H groups in total. The summed E-state index contributed by atoms with van der Waals surface area (Å²) in [6, 6.07) is 7.59. The molecule has 1 aromatic carbocycles. The van der Waals surface area contributed by atoms with Crippen LogP contribution >= 0.6 is 0 Å². The number of benzene rings is 1. The van der Waals surface area contributed by atoms with Gasteiger partial charge in [0.15, 0.2) is 0 Å². The second-order valence-electron chi connectivity index (χ2n) is 6.26. The molecular weight excluding hydrogens is 320 g/mol. The fourth-order valence-electron chi connectivity index (χ4n) is 2.93. The van der Waals surface area contributed by atoms with E-state index in [1.807, 2.05) is 31.2 Å². The quantitative estimate of drug-likeness (QED) is 0.843. The van der Waals surface area contributed by atoms with Crippen LogP contribution in [0.4, 0.5) is 0 Å². The third-order valence-corrected chi connectivity index (χ3v) is 4.31. The van der Waals surface area contributed by atoms with Gasteiger partial charge in [0.1, 0.15) is 0 Å². The molecule has 1 aliphatic rings. The summed E-state index contributed by atoms with van der Waals surface area (Å²) < 4.78 is 5.28. The molecule has 2 aromatic rings. The van der Waals surface area contributed by atoms with Gasteiger partial charge in [0, 0.05) is 51.5 Å². The van der Waals surface area contributed by atoms with Crippen LogP contribution < -0.4 is 0 Å². The van der Waals surface area contributed by atoms with E-state index in [1.165, 1.54) is 0 Å². The molecule has 0 bridgehead atoms. The predicted molar refractivity (Wildman–Crippen MR) is 91.0 cm³/mol. The molecule has 0 unspecified atom stereocenters. The zero-order valence-electron chi connectivity index (χ0n) is 14.6. The van der Waals surface area contributed by atoms with Crippen molar-refractivity contribution in [2.75, 3.05) is 26.2 Å². The van der Waals surface area contributed by atoms with Crippen molar-refractivity contribution in [1.29, 1.82) is 0 Å². The first-order valence-electron chi connectivity index (χ1n) is 8.45. The Morgan fingerprint density at radius 3 is 2.44 bits per heavy atom. The highest BCUT2D eigenvalue weighted by molar-refractivity contribution is 5.94. The zero-order chi connectivity index (χ0) is 17.8. The summed E-state index contributed by atoms with van der Waals surface area (Å²) in [7, 11) is 0. The molecule has 0 spiro atoms. The molecule has 0 radical (unpaired) electrons. The Bertz CT molecular complexity index is 763. The molecule has 2 heterocycles. The summed E-state index contributed by atoms with van der Waals surface area (Å²) in [5.74, 6) is 1.07. The average molecular weight is 342 g/mol. The van der Waals surface area contributed by atoms with Crippen LogP contribution in [0.15, 0.2) is 28.7 Å². The van der Waals surface area contributed by atoms with Crippen molar-refractivity contribution in [3.63, 3.8) is 0 Å². The van der Waals surface area contributed by atoms with Gasteiger partial charge in [0.05, 0.1) is 0 Å². The van der Waals surface area contributed by atoms with Crippen molar-refractivity contribution in [3.05, 3.63) is 47.2 Å². The van der Waals surface area contributed by atoms with Crippen LogP contribution in [0, 0.1) is 13.8 Å². The van der Waals surface area contributed by atoms with Crippen molar-refractivity contribution < 1.29 is 14.0 Å². The highest BCUT2D eigenvalue weighted by atomic mass is 16.4. The summed E-state index contributed by atoms with van der Waals surface area (Å²) >= 11 is 0. The van der Waals surface area contributed by atoms with Crippen LogP contribution in [0.1, 0.15) is 34.1 Å². The SMILES string of the molecule is Cc1cccc(C(=O)N2CCN(C(=O)CCc3nnc(C)o3)CC2)c1. The first-order valence-corrected chi connectivity index (χ1v) is 8.45. The molecule has 25 heavy (non-hydrogen) atoms. The summed E-state index contributed by atoms with van der Waals surface area (Å²) in [5.41, 5.74) is 1.77. The Morgan fingerprint density at radius 2 is 1.80 bits per heavy atom. The smallest absolute Gasteiger partial charge is 0.253 e. The van der Waals surface area contributed by atoms with E-state index in [2.05, 4.69) is 10.2 Å². The van der Waals surface area contributed by atoms with Gasteiger partial charge < -0.3 is 14.2 Å². The maximum atomic E-state index is 12.5. The summed E-state index contributed by atoms with van der Waals surface area (Å²) in [4.78, 5) is 28.4. The van der Waals surface area contributed by atoms with Crippen molar-refractivity contribution in [1.82, 2.24) is 20.0 Å². The number of nitrogens with zero attached hydrogens (tertiary/aromatic N) is 4. The lowest BCUT2D eigenvalue weighted by molar-refractivity contribution is -0.132. The predicted octanol–water partition coefficient (Wildman–Crippen LogP) is 1.60. The molecule has 132 valence electrons. The molecule has 1 aromatic heterocycles. The van der Waals surface area contributed by atoms with E-state index in [0.717, 1.165) is 5.56 Å². The van der Waals surface area contributed by atoms with Gasteiger partial charge in [-0.25, -0.2) is 0 Å². The minimum absolute atomic E-state index is 0.0251. The molecule has 1 aliphatic heterocycles. The lowest BCUT2D eigenvalue weighted by Crippen LogP contribution is -2.50. The number of aryl methyl sites for hydroxylation is 3. The summed E-state index contributed by atoms with van der Waals surface area (Å²) in [6.07, 6.45) is 0.787. The van der Waals surface area contributed by atoms with Gasteiger partial charge in [-0.05, 0) is 19.1 Å². The molecular formula is C18H22N4O3. The second kappa shape index (κ2) is 7.46. The van der Waals surface area contributed by atoms with Crippen LogP contribution in [-0.2, 0) is 11.2 Å². The number of hydrogen-bond donors (Lipinski definition) is 0. The Balaban J connectivity index is 1.49. The zero-order valence-corrected chi connectivity index (χ0v) is 14.6. The lowest BCUT2D eigenvalue weighted by atomic mass is 10.1. The Morgan fingerprint density at radius 1 is 1.08 bits per heavy atom. The topological polar surface area (TPSA) is 79.5 Å². The maximum Gasteiger partial charge on any atom is 0.253 e. The molecule has 2 amide bonds. The van der Waals surface area contributed by atoms with Crippen molar-refractivity contribution in [3.8, 4) is 0 Å². The third-order valence-electron chi connectivity index (χ3n) is 4.31. The van der Waals surface area contributed by atoms with Gasteiger partial charge >= 0.3 is 0 Å². The molecule has 1 fully saturated rings. The largest absolute Gasteiger partial charge is 0.426 e. The highest BCUT2D eigenvalue weighted by Gasteiger charge is 2.25. The molecule has 0 saturated carbocycles. The van der Waals surface area contributed by atoms with Crippen LogP contribution in [-0.4, -0.2) is 58.0 Å². The Labute approximate surface area is 146 Å². The van der Waals surface area contributed by atoms with E-state index in [-0.39, 0.29) is 11.8 Å². The van der Waals surface area contributed by atoms with Gasteiger partial charge in [-0.2, -0.15) is 0 Å². The first-order chi connectivity index (χ1) is 12.0. The monoisotopic (exact) mass is 342 g/mol. The van der Waals surface area contributed by atoms with E-state index in [4.69, 9.17) is 4.42 Å². The third kappa shape index (κ3) is 4.23. The van der Waals surface area contributed by atoms with E-state index >= 15 is 0 Å². The van der Waals surface area contributed by atoms with Crippen LogP contribution in [0.25, 0.3) is 0 Å². The number of rotatable bonds is 4. The van der Waals surface area contributed by atoms with Crippen LogP contribution in [0.3, 0.4) is 0 Å². The van der Waals surface area contributed by atoms with Gasteiger partial charge in [-0.15, -0.1) is 10.2 Å². The number of aromatic nitrogens is 2. The van der Waals surface area contributed by atoms with Gasteiger partial charge in [0.25, 0.3) is 5.91 Å². The van der Waals surface area contributed by atoms with Crippen LogP contribution in [0.2, 0.25) is 0 Å². The minimum atomic E-state index is 0.0251. The van der Waals surface area contributed by atoms with E-state index in [1.54, 1.807) is 16.7 Å². The van der Waals surface area contributed by atoms with Gasteiger partial charge in [-0.1, -0.05) is 17.7 Å². The maximum absolute atomic E-state index is 12.5. The van der Waals surface area contributed by atoms with E-state index in [9.17, 15) is 9.59 Å². The lowest BCUT2D eigenvalue weighted by Gasteiger charge is -2.35. The van der Waals surface area contributed by atoms with Crippen LogP contribution in [0.5, 0.6) is 0 Å². The van der Waals surface area contributed by atoms with Gasteiger partial charge in [-0.3, -0.25) is 9.59 Å². The van der Waals surface area contributed by atoms with Crippen molar-refractivity contribution in [2.24, 2.45) is 0 Å². The highest BCUT2D eigenvalue weighted by Crippen LogP contribution is 2.12. The summed E-state index contributed by atoms with van der Waals surface area (Å²) in [5, 5.41) is 7.65. The molecule has 0 aliphatic carbocycles. The molecule has 0 atom stereocenters. The van der Waals surface area contributed by atoms with Crippen molar-refractivity contribution >= 4 is 11.8 Å². The first kappa shape index (κ1) is 17.1. The molecule has 3 rings (SSSR count). The normalized spacial score (nSPS) is 14.6. The number of hydrogen-bond acceptors (Lipinski definition) is 5. The molecule has 1 saturated heterocycles. The van der Waals surface area contributed by atoms with Crippen molar-refractivity contribution in [2.45, 2.75) is 26.7 Å². The van der Waals surface area contributed by atoms with Gasteiger partial charge in [0.2, 0.25) is 17.7 Å². The second-order valence-corrected chi connectivity index (χ2v) is 6.26. The minimum Gasteiger partial charge on any atom is -0.426 e. The molecule has 7 nitrogen and oxygen atoms in total.